The minimum Gasteiger partial charge on any atom is -0.384 e. The molecule has 0 aliphatic rings. The molecule has 0 aromatic heterocycles. The average molecular weight is 186 g/mol. The maximum absolute atomic E-state index is 13.1. The first-order chi connectivity index (χ1) is 5.73. The zero-order chi connectivity index (χ0) is 10.6. The molecule has 0 atom stereocenters. The largest absolute Gasteiger partial charge is 0.384 e. The lowest BCUT2D eigenvalue weighted by Gasteiger charge is -2.12. The number of rotatable bonds is 2. The summed E-state index contributed by atoms with van der Waals surface area (Å²) in [6.45, 7) is 7.73. The quantitative estimate of drug-likeness (QED) is 0.497. The van der Waals surface area contributed by atoms with Crippen LogP contribution in [0.25, 0.3) is 0 Å². The van der Waals surface area contributed by atoms with Crippen molar-refractivity contribution in [3.05, 3.63) is 12.3 Å². The lowest BCUT2D eigenvalue weighted by molar-refractivity contribution is 0.311. The van der Waals surface area contributed by atoms with Gasteiger partial charge in [-0.2, -0.15) is 4.99 Å². The van der Waals surface area contributed by atoms with E-state index in [9.17, 15) is 4.39 Å². The summed E-state index contributed by atoms with van der Waals surface area (Å²) in [6.07, 6.45) is 0. The number of nitrogens with two attached hydrogens (primary N) is 2. The third-order valence-electron chi connectivity index (χ3n) is 1.15. The van der Waals surface area contributed by atoms with Gasteiger partial charge >= 0.3 is 0 Å². The number of nitrogens with zero attached hydrogens (tertiary/aromatic N) is 2. The van der Waals surface area contributed by atoms with Crippen LogP contribution in [0.5, 0.6) is 0 Å². The lowest BCUT2D eigenvalue weighted by atomic mass is 10.1. The smallest absolute Gasteiger partial charge is 0.221 e. The summed E-state index contributed by atoms with van der Waals surface area (Å²) in [4.78, 5) is 7.27. The molecule has 0 saturated heterocycles. The van der Waals surface area contributed by atoms with Gasteiger partial charge in [-0.15, -0.1) is 0 Å². The molecule has 0 rings (SSSR count). The van der Waals surface area contributed by atoms with Gasteiger partial charge in [-0.1, -0.05) is 6.58 Å². The number of allylic oxidation sites excluding steroid dienone is 1. The molecule has 0 bridgehead atoms. The molecule has 4 N–H and O–H groups in total. The predicted octanol–water partition coefficient (Wildman–Crippen LogP) is 0.940. The van der Waals surface area contributed by atoms with Crippen LogP contribution in [0.15, 0.2) is 22.3 Å². The van der Waals surface area contributed by atoms with Crippen molar-refractivity contribution in [2.24, 2.45) is 21.5 Å². The Morgan fingerprint density at radius 2 is 1.77 bits per heavy atom. The standard InChI is InChI=1S/C8H15FN4/c1-5(2)12-7(11)13-6(10)8(3,4)9/h1H2,2-4H3,(H4,10,11,12,13). The summed E-state index contributed by atoms with van der Waals surface area (Å²) >= 11 is 0. The van der Waals surface area contributed by atoms with Gasteiger partial charge in [0.2, 0.25) is 5.96 Å². The number of alkyl halides is 1. The molecule has 0 amide bonds. The fourth-order valence-corrected chi connectivity index (χ4v) is 0.477. The van der Waals surface area contributed by atoms with Crippen molar-refractivity contribution < 1.29 is 4.39 Å². The first kappa shape index (κ1) is 11.6. The van der Waals surface area contributed by atoms with Crippen molar-refractivity contribution in [2.45, 2.75) is 26.4 Å². The monoisotopic (exact) mass is 186 g/mol. The van der Waals surface area contributed by atoms with Crippen LogP contribution in [0.2, 0.25) is 0 Å². The fraction of sp³-hybridized carbons (Fsp3) is 0.500. The number of aliphatic imine (C=N–C) groups is 2. The molecule has 5 heteroatoms. The van der Waals surface area contributed by atoms with E-state index in [1.54, 1.807) is 6.92 Å². The van der Waals surface area contributed by atoms with E-state index in [4.69, 9.17) is 11.5 Å². The molecule has 4 nitrogen and oxygen atoms in total. The van der Waals surface area contributed by atoms with Gasteiger partial charge in [0.15, 0.2) is 5.67 Å². The van der Waals surface area contributed by atoms with E-state index < -0.39 is 5.67 Å². The number of amidine groups is 1. The molecule has 0 aromatic carbocycles. The summed E-state index contributed by atoms with van der Waals surface area (Å²) in [5, 5.41) is 0. The van der Waals surface area contributed by atoms with E-state index in [1.807, 2.05) is 0 Å². The molecular formula is C8H15FN4. The van der Waals surface area contributed by atoms with Crippen LogP contribution in [-0.4, -0.2) is 17.5 Å². The van der Waals surface area contributed by atoms with E-state index in [0.29, 0.717) is 5.70 Å². The molecule has 0 fully saturated rings. The van der Waals surface area contributed by atoms with Crippen LogP contribution in [0.4, 0.5) is 4.39 Å². The first-order valence-corrected chi connectivity index (χ1v) is 3.76. The summed E-state index contributed by atoms with van der Waals surface area (Å²) in [6, 6.07) is 0. The Hall–Kier alpha value is -1.39. The number of hydrogen-bond donors (Lipinski definition) is 2. The zero-order valence-electron chi connectivity index (χ0n) is 8.13. The second kappa shape index (κ2) is 4.02. The second-order valence-electron chi connectivity index (χ2n) is 3.17. The normalized spacial score (nSPS) is 14.5. The maximum atomic E-state index is 13.1. The van der Waals surface area contributed by atoms with Gasteiger partial charge in [0, 0.05) is 5.70 Å². The molecule has 0 unspecified atom stereocenters. The van der Waals surface area contributed by atoms with Crippen LogP contribution >= 0.6 is 0 Å². The summed E-state index contributed by atoms with van der Waals surface area (Å²) in [5.74, 6) is -0.286. The number of hydrogen-bond acceptors (Lipinski definition) is 1. The summed E-state index contributed by atoms with van der Waals surface area (Å²) in [7, 11) is 0. The van der Waals surface area contributed by atoms with Crippen molar-refractivity contribution in [2.75, 3.05) is 0 Å². The minimum atomic E-state index is -1.69. The van der Waals surface area contributed by atoms with Crippen LogP contribution in [0.1, 0.15) is 20.8 Å². The van der Waals surface area contributed by atoms with Gasteiger partial charge in [-0.25, -0.2) is 9.38 Å². The minimum absolute atomic E-state index is 0.0873. The third kappa shape index (κ3) is 4.95. The fourth-order valence-electron chi connectivity index (χ4n) is 0.477. The van der Waals surface area contributed by atoms with Crippen molar-refractivity contribution in [1.29, 1.82) is 0 Å². The summed E-state index contributed by atoms with van der Waals surface area (Å²) in [5.41, 5.74) is 9.45. The van der Waals surface area contributed by atoms with Crippen LogP contribution < -0.4 is 11.5 Å². The average Bonchev–Trinajstić information content (AvgIpc) is 1.82. The maximum Gasteiger partial charge on any atom is 0.221 e. The highest BCUT2D eigenvalue weighted by Gasteiger charge is 2.21. The Bertz CT molecular complexity index is 260. The molecule has 0 spiro atoms. The molecule has 0 radical (unpaired) electrons. The first-order valence-electron chi connectivity index (χ1n) is 3.76. The van der Waals surface area contributed by atoms with E-state index in [-0.39, 0.29) is 11.8 Å². The molecular weight excluding hydrogens is 171 g/mol. The van der Waals surface area contributed by atoms with E-state index in [2.05, 4.69) is 16.6 Å². The number of guanidine groups is 1. The van der Waals surface area contributed by atoms with Gasteiger partial charge < -0.3 is 11.5 Å². The van der Waals surface area contributed by atoms with Gasteiger partial charge in [-0.05, 0) is 20.8 Å². The highest BCUT2D eigenvalue weighted by Crippen LogP contribution is 2.07. The van der Waals surface area contributed by atoms with Gasteiger partial charge in [-0.3, -0.25) is 0 Å². The Balaban J connectivity index is 4.67. The summed E-state index contributed by atoms with van der Waals surface area (Å²) < 4.78 is 13.1. The van der Waals surface area contributed by atoms with Crippen molar-refractivity contribution in [3.63, 3.8) is 0 Å². The Morgan fingerprint density at radius 1 is 1.31 bits per heavy atom. The SMILES string of the molecule is C=C(C)N=C(N)/N=C(\N)C(C)(C)F. The van der Waals surface area contributed by atoms with Crippen LogP contribution in [0.3, 0.4) is 0 Å². The topological polar surface area (TPSA) is 76.8 Å². The third-order valence-corrected chi connectivity index (χ3v) is 1.15. The molecule has 74 valence electrons. The highest BCUT2D eigenvalue weighted by atomic mass is 19.1. The molecule has 0 heterocycles. The molecule has 13 heavy (non-hydrogen) atoms. The van der Waals surface area contributed by atoms with E-state index in [1.165, 1.54) is 13.8 Å². The van der Waals surface area contributed by atoms with Crippen molar-refractivity contribution in [1.82, 2.24) is 0 Å². The van der Waals surface area contributed by atoms with Crippen molar-refractivity contribution in [3.8, 4) is 0 Å². The number of halogens is 1. The second-order valence-corrected chi connectivity index (χ2v) is 3.17. The Labute approximate surface area is 77.2 Å². The van der Waals surface area contributed by atoms with E-state index in [0.717, 1.165) is 0 Å². The van der Waals surface area contributed by atoms with Crippen LogP contribution in [-0.2, 0) is 0 Å². The van der Waals surface area contributed by atoms with Gasteiger partial charge in [0.05, 0.1) is 0 Å². The molecule has 0 saturated carbocycles. The van der Waals surface area contributed by atoms with E-state index >= 15 is 0 Å². The molecule has 0 aliphatic heterocycles. The predicted molar refractivity (Wildman–Crippen MR) is 53.2 cm³/mol. The van der Waals surface area contributed by atoms with Crippen LogP contribution in [0, 0.1) is 0 Å². The van der Waals surface area contributed by atoms with Gasteiger partial charge in [0.25, 0.3) is 0 Å². The molecule has 0 aliphatic carbocycles. The highest BCUT2D eigenvalue weighted by molar-refractivity contribution is 5.98. The lowest BCUT2D eigenvalue weighted by Crippen LogP contribution is -2.35. The Morgan fingerprint density at radius 3 is 2.08 bits per heavy atom. The van der Waals surface area contributed by atoms with Crippen molar-refractivity contribution >= 4 is 11.8 Å². The Kier molecular flexibility index (Phi) is 3.59. The zero-order valence-corrected chi connectivity index (χ0v) is 8.13. The molecule has 0 aromatic rings. The van der Waals surface area contributed by atoms with Gasteiger partial charge in [0.1, 0.15) is 5.84 Å².